The minimum atomic E-state index is -4.89. The van der Waals surface area contributed by atoms with Crippen molar-refractivity contribution in [2.45, 2.75) is 32.1 Å². The van der Waals surface area contributed by atoms with Crippen LogP contribution < -0.4 is 15.0 Å². The number of anilines is 1. The number of hydrogen-bond donors (Lipinski definition) is 1. The Morgan fingerprint density at radius 3 is 2.59 bits per heavy atom. The van der Waals surface area contributed by atoms with E-state index in [1.165, 1.54) is 25.6 Å². The third-order valence-corrected chi connectivity index (χ3v) is 6.28. The van der Waals surface area contributed by atoms with Crippen LogP contribution in [0.15, 0.2) is 43.0 Å². The number of pyridine rings is 1. The summed E-state index contributed by atoms with van der Waals surface area (Å²) in [6.45, 7) is 1.32. The fraction of sp³-hybridized carbons (Fsp3) is 0.333. The fourth-order valence-corrected chi connectivity index (χ4v) is 4.37. The number of carbonyl (C=O) groups excluding carboxylic acids is 1. The molecule has 1 amide bonds. The van der Waals surface area contributed by atoms with Gasteiger partial charge in [0, 0.05) is 37.6 Å². The van der Waals surface area contributed by atoms with Crippen LogP contribution in [0.2, 0.25) is 0 Å². The molecule has 0 saturated carbocycles. The van der Waals surface area contributed by atoms with E-state index in [9.17, 15) is 18.0 Å². The van der Waals surface area contributed by atoms with E-state index in [0.717, 1.165) is 47.3 Å². The lowest BCUT2D eigenvalue weighted by Crippen LogP contribution is -2.26. The van der Waals surface area contributed by atoms with Crippen molar-refractivity contribution in [1.29, 1.82) is 0 Å². The highest BCUT2D eigenvalue weighted by Gasteiger charge is 2.39. The number of amides is 1. The number of methoxy groups -OCH3 is 1. The quantitative estimate of drug-likeness (QED) is 0.336. The topological polar surface area (TPSA) is 116 Å². The lowest BCUT2D eigenvalue weighted by atomic mass is 10.1. The number of rotatable bonds is 8. The van der Waals surface area contributed by atoms with Gasteiger partial charge in [0.05, 0.1) is 24.9 Å². The lowest BCUT2D eigenvalue weighted by molar-refractivity contribution is -0.141. The predicted octanol–water partition coefficient (Wildman–Crippen LogP) is 3.00. The summed E-state index contributed by atoms with van der Waals surface area (Å²) in [5, 5.41) is 16.7. The maximum atomic E-state index is 15.1. The monoisotopic (exact) mass is 545 g/mol. The first-order valence-corrected chi connectivity index (χ1v) is 12.0. The van der Waals surface area contributed by atoms with Crippen molar-refractivity contribution >= 4 is 11.7 Å². The molecule has 204 valence electrons. The number of ether oxygens (including phenoxy) is 1. The molecule has 0 bridgehead atoms. The Labute approximate surface area is 219 Å². The molecule has 3 aromatic heterocycles. The van der Waals surface area contributed by atoms with E-state index in [2.05, 4.69) is 35.8 Å². The molecule has 0 spiro atoms. The highest BCUT2D eigenvalue weighted by Crippen LogP contribution is 2.31. The van der Waals surface area contributed by atoms with Gasteiger partial charge in [-0.2, -0.15) is 18.3 Å². The standard InChI is InChI=1S/C24H23F4N9O2/c1-39-19-6-5-18(37-14-31-33-34-37)16(21(19)25)11-30-23(38)17-13-36(32-22(17)24(26,27)28)12-15-4-7-20(29-10-15)35-8-2-3-9-35/h4-7,10,13-14H,2-3,8-9,11-12H2,1H3,(H,30,38). The number of halogens is 4. The first-order chi connectivity index (χ1) is 18.7. The number of nitrogens with one attached hydrogen (secondary N) is 1. The van der Waals surface area contributed by atoms with Gasteiger partial charge in [-0.15, -0.1) is 5.10 Å². The van der Waals surface area contributed by atoms with Gasteiger partial charge >= 0.3 is 6.18 Å². The Bertz CT molecular complexity index is 1450. The number of aromatic nitrogens is 7. The summed E-state index contributed by atoms with van der Waals surface area (Å²) in [5.41, 5.74) is -1.34. The zero-order valence-electron chi connectivity index (χ0n) is 20.7. The van der Waals surface area contributed by atoms with Crippen LogP contribution in [0.25, 0.3) is 5.69 Å². The molecule has 0 radical (unpaired) electrons. The maximum Gasteiger partial charge on any atom is 0.435 e. The Hall–Kier alpha value is -4.56. The zero-order valence-corrected chi connectivity index (χ0v) is 20.7. The zero-order chi connectivity index (χ0) is 27.6. The molecule has 4 aromatic rings. The van der Waals surface area contributed by atoms with Crippen molar-refractivity contribution in [3.05, 3.63) is 71.2 Å². The molecular weight excluding hydrogens is 522 g/mol. The van der Waals surface area contributed by atoms with Gasteiger partial charge in [0.25, 0.3) is 5.91 Å². The molecule has 1 aromatic carbocycles. The third-order valence-electron chi connectivity index (χ3n) is 6.28. The molecule has 1 fully saturated rings. The van der Waals surface area contributed by atoms with Crippen molar-refractivity contribution in [2.24, 2.45) is 0 Å². The van der Waals surface area contributed by atoms with E-state index in [4.69, 9.17) is 4.74 Å². The summed E-state index contributed by atoms with van der Waals surface area (Å²) >= 11 is 0. The second-order valence-corrected chi connectivity index (χ2v) is 8.82. The molecule has 1 saturated heterocycles. The van der Waals surface area contributed by atoms with E-state index >= 15 is 4.39 Å². The van der Waals surface area contributed by atoms with Crippen molar-refractivity contribution in [1.82, 2.24) is 40.3 Å². The van der Waals surface area contributed by atoms with Crippen LogP contribution in [-0.4, -0.2) is 61.1 Å². The second-order valence-electron chi connectivity index (χ2n) is 8.82. The molecule has 5 rings (SSSR count). The Morgan fingerprint density at radius 1 is 1.15 bits per heavy atom. The van der Waals surface area contributed by atoms with Gasteiger partial charge in [-0.05, 0) is 47.0 Å². The largest absolute Gasteiger partial charge is 0.494 e. The molecule has 39 heavy (non-hydrogen) atoms. The summed E-state index contributed by atoms with van der Waals surface area (Å²) in [7, 11) is 1.26. The van der Waals surface area contributed by atoms with Crippen molar-refractivity contribution in [3.63, 3.8) is 0 Å². The average Bonchev–Trinajstić information content (AvgIpc) is 3.70. The van der Waals surface area contributed by atoms with Crippen LogP contribution in [0.4, 0.5) is 23.4 Å². The highest BCUT2D eigenvalue weighted by atomic mass is 19.4. The van der Waals surface area contributed by atoms with Crippen LogP contribution in [0.1, 0.15) is 40.0 Å². The van der Waals surface area contributed by atoms with Crippen molar-refractivity contribution in [3.8, 4) is 11.4 Å². The first kappa shape index (κ1) is 26.1. The number of carbonyl (C=O) groups is 1. The number of hydrogen-bond acceptors (Lipinski definition) is 8. The summed E-state index contributed by atoms with van der Waals surface area (Å²) in [6, 6.07) is 6.38. The van der Waals surface area contributed by atoms with Crippen molar-refractivity contribution in [2.75, 3.05) is 25.1 Å². The van der Waals surface area contributed by atoms with E-state index < -0.39 is 35.7 Å². The molecule has 11 nitrogen and oxygen atoms in total. The molecule has 0 aliphatic carbocycles. The van der Waals surface area contributed by atoms with E-state index in [1.54, 1.807) is 12.3 Å². The van der Waals surface area contributed by atoms with Crippen LogP contribution in [0.3, 0.4) is 0 Å². The van der Waals surface area contributed by atoms with Gasteiger partial charge in [0.2, 0.25) is 0 Å². The maximum absolute atomic E-state index is 15.1. The summed E-state index contributed by atoms with van der Waals surface area (Å²) in [6.07, 6.45) is 1.08. The van der Waals surface area contributed by atoms with Crippen LogP contribution >= 0.6 is 0 Å². The minimum Gasteiger partial charge on any atom is -0.494 e. The number of alkyl halides is 3. The molecule has 15 heteroatoms. The minimum absolute atomic E-state index is 0.0302. The predicted molar refractivity (Wildman–Crippen MR) is 129 cm³/mol. The fourth-order valence-electron chi connectivity index (χ4n) is 4.37. The summed E-state index contributed by atoms with van der Waals surface area (Å²) in [5.74, 6) is -1.22. The van der Waals surface area contributed by atoms with Crippen LogP contribution in [-0.2, 0) is 19.3 Å². The van der Waals surface area contributed by atoms with E-state index in [0.29, 0.717) is 5.56 Å². The number of nitrogens with zero attached hydrogens (tertiary/aromatic N) is 8. The molecular formula is C24H23F4N9O2. The molecule has 1 N–H and O–H groups in total. The number of benzene rings is 1. The van der Waals surface area contributed by atoms with E-state index in [1.807, 2.05) is 6.07 Å². The van der Waals surface area contributed by atoms with Gasteiger partial charge in [0.1, 0.15) is 12.1 Å². The Balaban J connectivity index is 1.37. The number of tetrazole rings is 1. The molecule has 4 heterocycles. The van der Waals surface area contributed by atoms with Crippen LogP contribution in [0, 0.1) is 5.82 Å². The van der Waals surface area contributed by atoms with Gasteiger partial charge < -0.3 is 15.0 Å². The molecule has 0 atom stereocenters. The van der Waals surface area contributed by atoms with E-state index in [-0.39, 0.29) is 23.5 Å². The smallest absolute Gasteiger partial charge is 0.435 e. The Morgan fingerprint density at radius 2 is 1.95 bits per heavy atom. The SMILES string of the molecule is COc1ccc(-n2cnnn2)c(CNC(=O)c2cn(Cc3ccc(N4CCCC4)nc3)nc2C(F)(F)F)c1F. The normalized spacial score (nSPS) is 13.6. The summed E-state index contributed by atoms with van der Waals surface area (Å²) in [4.78, 5) is 19.5. The molecule has 1 aliphatic heterocycles. The molecule has 0 unspecified atom stereocenters. The van der Waals surface area contributed by atoms with Crippen LogP contribution in [0.5, 0.6) is 5.75 Å². The highest BCUT2D eigenvalue weighted by molar-refractivity contribution is 5.95. The van der Waals surface area contributed by atoms with Gasteiger partial charge in [-0.3, -0.25) is 9.48 Å². The lowest BCUT2D eigenvalue weighted by Gasteiger charge is -2.16. The second kappa shape index (κ2) is 10.7. The van der Waals surface area contributed by atoms with Gasteiger partial charge in [-0.25, -0.2) is 14.1 Å². The third kappa shape index (κ3) is 5.51. The summed E-state index contributed by atoms with van der Waals surface area (Å²) < 4.78 is 63.6. The first-order valence-electron chi connectivity index (χ1n) is 12.0. The van der Waals surface area contributed by atoms with Gasteiger partial charge in [0.15, 0.2) is 17.3 Å². The average molecular weight is 546 g/mol. The van der Waals surface area contributed by atoms with Gasteiger partial charge in [-0.1, -0.05) is 6.07 Å². The Kier molecular flexibility index (Phi) is 7.13. The molecule has 1 aliphatic rings. The van der Waals surface area contributed by atoms with Crippen molar-refractivity contribution < 1.29 is 27.1 Å².